The average molecular weight is 374 g/mol. The van der Waals surface area contributed by atoms with Crippen LogP contribution < -0.4 is 11.2 Å². The summed E-state index contributed by atoms with van der Waals surface area (Å²) in [6.07, 6.45) is 0. The van der Waals surface area contributed by atoms with Gasteiger partial charge < -0.3 is 11.2 Å². The molecule has 1 rings (SSSR count). The molecule has 3 N–H and O–H groups in total. The number of rotatable bonds is 5. The molecule has 1 aliphatic heterocycles. The topological polar surface area (TPSA) is 110 Å². The van der Waals surface area contributed by atoms with Crippen molar-refractivity contribution in [2.45, 2.75) is 10.6 Å². The largest absolute Gasteiger partial charge is 0.324 e. The monoisotopic (exact) mass is 373 g/mol. The molecule has 0 aliphatic carbocycles. The Labute approximate surface area is 123 Å². The summed E-state index contributed by atoms with van der Waals surface area (Å²) in [5.41, 5.74) is 8.27. The molecule has 0 bridgehead atoms. The van der Waals surface area contributed by atoms with Gasteiger partial charge in [-0.3, -0.25) is 0 Å². The maximum atomic E-state index is 11.2. The summed E-state index contributed by atoms with van der Waals surface area (Å²) in [7, 11) is 1.22. The number of hydrazine groups is 1. The minimum atomic E-state index is -4.44. The zero-order valence-corrected chi connectivity index (χ0v) is 13.4. The third-order valence-corrected chi connectivity index (χ3v) is 8.29. The van der Waals surface area contributed by atoms with Gasteiger partial charge in [-0.25, -0.2) is 21.8 Å². The van der Waals surface area contributed by atoms with Crippen molar-refractivity contribution in [2.75, 3.05) is 12.4 Å². The first-order chi connectivity index (χ1) is 8.01. The van der Waals surface area contributed by atoms with Crippen LogP contribution in [0.5, 0.6) is 0 Å². The van der Waals surface area contributed by atoms with E-state index in [0.29, 0.717) is 10.2 Å². The number of thioether (sulfide) groups is 1. The van der Waals surface area contributed by atoms with Gasteiger partial charge in [-0.15, -0.1) is 0 Å². The molecule has 0 amide bonds. The van der Waals surface area contributed by atoms with Crippen LogP contribution in [-0.2, 0) is 18.1 Å². The summed E-state index contributed by atoms with van der Waals surface area (Å²) in [5.74, 6) is 0.421. The highest BCUT2D eigenvalue weighted by atomic mass is 35.7. The first-order valence-corrected chi connectivity index (χ1v) is 10.5. The van der Waals surface area contributed by atoms with E-state index in [1.54, 1.807) is 0 Å². The summed E-state index contributed by atoms with van der Waals surface area (Å²) in [6, 6.07) is -1.30. The molecule has 18 heavy (non-hydrogen) atoms. The fourth-order valence-corrected chi connectivity index (χ4v) is 7.20. The highest BCUT2D eigenvalue weighted by Gasteiger charge is 2.41. The van der Waals surface area contributed by atoms with Crippen LogP contribution in [0.15, 0.2) is 0 Å². The number of nitrogens with zero attached hydrogens (tertiary/aromatic N) is 1. The maximum absolute atomic E-state index is 11.2. The van der Waals surface area contributed by atoms with Gasteiger partial charge in [0.1, 0.15) is 4.32 Å². The number of hydrogen-bond donors (Lipinski definition) is 2. The molecule has 0 aromatic heterocycles. The molecule has 0 aromatic carbocycles. The van der Waals surface area contributed by atoms with Gasteiger partial charge in [0.15, 0.2) is 0 Å². The smallest absolute Gasteiger partial charge is 0.252 e. The van der Waals surface area contributed by atoms with E-state index in [-0.39, 0.29) is 6.54 Å². The van der Waals surface area contributed by atoms with Gasteiger partial charge in [0, 0.05) is 27.9 Å². The van der Waals surface area contributed by atoms with Crippen molar-refractivity contribution < 1.29 is 16.8 Å². The van der Waals surface area contributed by atoms with Gasteiger partial charge in [-0.1, -0.05) is 24.0 Å². The number of hydrogen-bond acceptors (Lipinski definition) is 8. The molecule has 1 unspecified atom stereocenters. The minimum absolute atomic E-state index is 0.0876. The first-order valence-electron chi connectivity index (χ1n) is 4.32. The van der Waals surface area contributed by atoms with Gasteiger partial charge in [0.25, 0.3) is 18.1 Å². The number of nitrogens with two attached hydrogens (primary N) is 1. The van der Waals surface area contributed by atoms with Crippen LogP contribution in [0.3, 0.4) is 0 Å². The molecule has 1 atom stereocenters. The first kappa shape index (κ1) is 16.7. The second kappa shape index (κ2) is 5.95. The fourth-order valence-electron chi connectivity index (χ4n) is 1.32. The Morgan fingerprint density at radius 2 is 1.89 bits per heavy atom. The standard InChI is InChI=1S/C5H9Cl2N3O4S4/c6-17(11,12)4(18(7,13)14)3(8)1-10-2-16-5(15)9-10/h3-4H,1-2,8H2,(H,9,15). The molecule has 0 saturated carbocycles. The molecule has 1 fully saturated rings. The molecule has 1 aliphatic rings. The minimum Gasteiger partial charge on any atom is -0.324 e. The predicted octanol–water partition coefficient (Wildman–Crippen LogP) is -0.427. The highest BCUT2D eigenvalue weighted by Crippen LogP contribution is 2.22. The second-order valence-electron chi connectivity index (χ2n) is 3.38. The molecule has 0 spiro atoms. The maximum Gasteiger partial charge on any atom is 0.252 e. The molecular formula is C5H9Cl2N3O4S4. The van der Waals surface area contributed by atoms with E-state index >= 15 is 0 Å². The quantitative estimate of drug-likeness (QED) is 0.489. The number of thiocarbonyl (C=S) groups is 1. The second-order valence-corrected chi connectivity index (χ2v) is 10.8. The zero-order valence-electron chi connectivity index (χ0n) is 8.62. The lowest BCUT2D eigenvalue weighted by Gasteiger charge is -2.23. The predicted molar refractivity (Wildman–Crippen MR) is 76.2 cm³/mol. The van der Waals surface area contributed by atoms with Crippen molar-refractivity contribution in [2.24, 2.45) is 5.73 Å². The van der Waals surface area contributed by atoms with Crippen molar-refractivity contribution in [1.82, 2.24) is 10.4 Å². The van der Waals surface area contributed by atoms with Crippen LogP contribution in [0, 0.1) is 0 Å². The fraction of sp³-hybridized carbons (Fsp3) is 0.800. The SMILES string of the molecule is NC(CN1CSC(=S)N1)C(S(=O)(=O)Cl)S(=O)(=O)Cl. The van der Waals surface area contributed by atoms with Crippen molar-refractivity contribution >= 4 is 67.8 Å². The van der Waals surface area contributed by atoms with E-state index in [0.717, 1.165) is 0 Å². The average Bonchev–Trinajstić information content (AvgIpc) is 2.44. The van der Waals surface area contributed by atoms with Crippen molar-refractivity contribution in [3.63, 3.8) is 0 Å². The molecule has 0 radical (unpaired) electrons. The van der Waals surface area contributed by atoms with E-state index in [9.17, 15) is 16.8 Å². The van der Waals surface area contributed by atoms with Gasteiger partial charge in [-0.05, 0) is 0 Å². The third-order valence-electron chi connectivity index (χ3n) is 1.94. The summed E-state index contributed by atoms with van der Waals surface area (Å²) in [5, 5.41) is 1.48. The Kier molecular flexibility index (Phi) is 5.52. The lowest BCUT2D eigenvalue weighted by Crippen LogP contribution is -2.51. The van der Waals surface area contributed by atoms with Crippen molar-refractivity contribution in [3.05, 3.63) is 0 Å². The normalized spacial score (nSPS) is 20.1. The third kappa shape index (κ3) is 4.63. The zero-order chi connectivity index (χ0) is 14.1. The summed E-state index contributed by atoms with van der Waals surface area (Å²) >= 11 is 6.14. The molecule has 7 nitrogen and oxygen atoms in total. The molecule has 1 saturated heterocycles. The Morgan fingerprint density at radius 3 is 2.22 bits per heavy atom. The van der Waals surface area contributed by atoms with Crippen molar-refractivity contribution in [3.8, 4) is 0 Å². The Morgan fingerprint density at radius 1 is 1.39 bits per heavy atom. The lowest BCUT2D eigenvalue weighted by molar-refractivity contribution is 0.275. The molecule has 1 heterocycles. The molecule has 106 valence electrons. The van der Waals surface area contributed by atoms with Gasteiger partial charge in [-0.2, -0.15) is 0 Å². The van der Waals surface area contributed by atoms with Crippen LogP contribution >= 0.6 is 45.3 Å². The molecular weight excluding hydrogens is 365 g/mol. The van der Waals surface area contributed by atoms with E-state index in [2.05, 4.69) is 5.43 Å². The summed E-state index contributed by atoms with van der Waals surface area (Å²) < 4.78 is 43.3. The van der Waals surface area contributed by atoms with Crippen LogP contribution in [-0.4, -0.2) is 49.2 Å². The highest BCUT2D eigenvalue weighted by molar-refractivity contribution is 8.29. The Balaban J connectivity index is 2.85. The van der Waals surface area contributed by atoms with Crippen LogP contribution in [0.1, 0.15) is 0 Å². The van der Waals surface area contributed by atoms with Crippen LogP contribution in [0.25, 0.3) is 0 Å². The van der Waals surface area contributed by atoms with Gasteiger partial charge in [0.05, 0.1) is 11.9 Å². The van der Waals surface area contributed by atoms with Crippen molar-refractivity contribution in [1.29, 1.82) is 0 Å². The summed E-state index contributed by atoms with van der Waals surface area (Å²) in [6.45, 7) is -0.0876. The van der Waals surface area contributed by atoms with Crippen LogP contribution in [0.2, 0.25) is 0 Å². The molecule has 13 heteroatoms. The number of nitrogens with one attached hydrogen (secondary N) is 1. The lowest BCUT2D eigenvalue weighted by atomic mass is 10.3. The van der Waals surface area contributed by atoms with E-state index < -0.39 is 28.7 Å². The van der Waals surface area contributed by atoms with E-state index in [1.807, 2.05) is 0 Å². The summed E-state index contributed by atoms with van der Waals surface area (Å²) in [4.78, 5) is 0. The van der Waals surface area contributed by atoms with Gasteiger partial charge in [0.2, 0.25) is 4.58 Å². The van der Waals surface area contributed by atoms with Gasteiger partial charge >= 0.3 is 0 Å². The Bertz CT molecular complexity index is 503. The van der Waals surface area contributed by atoms with E-state index in [4.69, 9.17) is 39.3 Å². The number of halogens is 2. The van der Waals surface area contributed by atoms with Crippen LogP contribution in [0.4, 0.5) is 0 Å². The Hall–Kier alpha value is 0.640. The van der Waals surface area contributed by atoms with E-state index in [1.165, 1.54) is 16.8 Å². The molecule has 0 aromatic rings.